The van der Waals surface area contributed by atoms with Crippen LogP contribution in [0.3, 0.4) is 0 Å². The molecular formula is C14H27P. The Labute approximate surface area is 97.8 Å². The van der Waals surface area contributed by atoms with E-state index in [9.17, 15) is 0 Å². The summed E-state index contributed by atoms with van der Waals surface area (Å²) in [6.07, 6.45) is 16.7. The van der Waals surface area contributed by atoms with Gasteiger partial charge < -0.3 is 0 Å². The average Bonchev–Trinajstić information content (AvgIpc) is 2.19. The van der Waals surface area contributed by atoms with Gasteiger partial charge in [0.05, 0.1) is 0 Å². The van der Waals surface area contributed by atoms with Crippen molar-refractivity contribution in [2.75, 3.05) is 0 Å². The van der Waals surface area contributed by atoms with Gasteiger partial charge in [0.25, 0.3) is 0 Å². The highest BCUT2D eigenvalue weighted by atomic mass is 31.0. The van der Waals surface area contributed by atoms with E-state index in [-0.39, 0.29) is 0 Å². The van der Waals surface area contributed by atoms with E-state index in [4.69, 9.17) is 0 Å². The highest BCUT2D eigenvalue weighted by Crippen LogP contribution is 2.38. The van der Waals surface area contributed by atoms with E-state index < -0.39 is 0 Å². The fourth-order valence-electron chi connectivity index (χ4n) is 3.58. The standard InChI is InChI=1S/C14H27P/c15-14-10-8-13(9-11-14)12-6-4-2-1-3-5-7-12/h12-14H,1-11,15H2. The Kier molecular flexibility index (Phi) is 4.95. The van der Waals surface area contributed by atoms with E-state index in [0.29, 0.717) is 0 Å². The SMILES string of the molecule is PC1CCC(C2CCCCCCC2)CC1. The molecule has 0 aromatic rings. The Hall–Kier alpha value is 0.430. The predicted molar refractivity (Wildman–Crippen MR) is 71.3 cm³/mol. The molecule has 15 heavy (non-hydrogen) atoms. The fourth-order valence-corrected chi connectivity index (χ4v) is 3.96. The summed E-state index contributed by atoms with van der Waals surface area (Å²) in [6.45, 7) is 0. The maximum atomic E-state index is 3.03. The molecule has 0 bridgehead atoms. The molecule has 1 atom stereocenters. The van der Waals surface area contributed by atoms with E-state index in [0.717, 1.165) is 17.5 Å². The van der Waals surface area contributed by atoms with Crippen molar-refractivity contribution >= 4 is 9.24 Å². The van der Waals surface area contributed by atoms with Gasteiger partial charge in [-0.05, 0) is 43.2 Å². The van der Waals surface area contributed by atoms with Gasteiger partial charge in [0.1, 0.15) is 0 Å². The first kappa shape index (κ1) is 11.9. The lowest BCUT2D eigenvalue weighted by Crippen LogP contribution is -2.22. The molecule has 0 nitrogen and oxygen atoms in total. The minimum atomic E-state index is 0.940. The van der Waals surface area contributed by atoms with Gasteiger partial charge in [0, 0.05) is 0 Å². The van der Waals surface area contributed by atoms with Crippen LogP contribution in [0.2, 0.25) is 0 Å². The zero-order valence-corrected chi connectivity index (χ0v) is 11.2. The zero-order chi connectivity index (χ0) is 10.5. The van der Waals surface area contributed by atoms with Crippen molar-refractivity contribution in [2.24, 2.45) is 11.8 Å². The zero-order valence-electron chi connectivity index (χ0n) is 10.1. The largest absolute Gasteiger partial charge is 0.134 e. The molecule has 2 aliphatic rings. The van der Waals surface area contributed by atoms with Crippen molar-refractivity contribution in [3.8, 4) is 0 Å². The summed E-state index contributed by atoms with van der Waals surface area (Å²) >= 11 is 0. The van der Waals surface area contributed by atoms with Crippen LogP contribution in [0.4, 0.5) is 0 Å². The number of hydrogen-bond acceptors (Lipinski definition) is 0. The van der Waals surface area contributed by atoms with Crippen molar-refractivity contribution in [2.45, 2.75) is 76.3 Å². The van der Waals surface area contributed by atoms with E-state index in [2.05, 4.69) is 9.24 Å². The molecule has 0 aromatic heterocycles. The van der Waals surface area contributed by atoms with Gasteiger partial charge in [-0.15, -0.1) is 9.24 Å². The third-order valence-corrected chi connectivity index (χ3v) is 5.30. The molecule has 0 heterocycles. The van der Waals surface area contributed by atoms with Crippen molar-refractivity contribution < 1.29 is 0 Å². The van der Waals surface area contributed by atoms with E-state index in [1.807, 2.05) is 0 Å². The minimum absolute atomic E-state index is 0.940. The molecule has 0 amide bonds. The van der Waals surface area contributed by atoms with Crippen LogP contribution in [0.15, 0.2) is 0 Å². The molecule has 0 saturated heterocycles. The van der Waals surface area contributed by atoms with Crippen LogP contribution in [0, 0.1) is 11.8 Å². The van der Waals surface area contributed by atoms with Crippen LogP contribution in [0.5, 0.6) is 0 Å². The van der Waals surface area contributed by atoms with Crippen LogP contribution in [-0.2, 0) is 0 Å². The molecule has 2 fully saturated rings. The highest BCUT2D eigenvalue weighted by Gasteiger charge is 2.25. The maximum absolute atomic E-state index is 3.03. The van der Waals surface area contributed by atoms with Gasteiger partial charge in [-0.1, -0.05) is 44.9 Å². The fraction of sp³-hybridized carbons (Fsp3) is 1.00. The quantitative estimate of drug-likeness (QED) is 0.564. The van der Waals surface area contributed by atoms with Crippen molar-refractivity contribution in [3.05, 3.63) is 0 Å². The van der Waals surface area contributed by atoms with Crippen LogP contribution < -0.4 is 0 Å². The molecule has 0 N–H and O–H groups in total. The normalized spacial score (nSPS) is 35.8. The van der Waals surface area contributed by atoms with Gasteiger partial charge >= 0.3 is 0 Å². The van der Waals surface area contributed by atoms with Crippen LogP contribution in [-0.4, -0.2) is 5.66 Å². The van der Waals surface area contributed by atoms with E-state index in [1.54, 1.807) is 12.8 Å². The molecule has 1 heteroatoms. The van der Waals surface area contributed by atoms with Gasteiger partial charge in [0.2, 0.25) is 0 Å². The van der Waals surface area contributed by atoms with E-state index >= 15 is 0 Å². The topological polar surface area (TPSA) is 0 Å². The second-order valence-corrected chi connectivity index (χ2v) is 6.72. The van der Waals surface area contributed by atoms with Crippen molar-refractivity contribution in [1.82, 2.24) is 0 Å². The Morgan fingerprint density at radius 2 is 1.00 bits per heavy atom. The minimum Gasteiger partial charge on any atom is -0.134 e. The summed E-state index contributed by atoms with van der Waals surface area (Å²) in [4.78, 5) is 0. The molecule has 0 aliphatic heterocycles. The molecule has 2 saturated carbocycles. The van der Waals surface area contributed by atoms with Crippen molar-refractivity contribution in [1.29, 1.82) is 0 Å². The van der Waals surface area contributed by atoms with Crippen molar-refractivity contribution in [3.63, 3.8) is 0 Å². The lowest BCUT2D eigenvalue weighted by molar-refractivity contribution is 0.210. The summed E-state index contributed by atoms with van der Waals surface area (Å²) in [6, 6.07) is 0. The predicted octanol–water partition coefficient (Wildman–Crippen LogP) is 4.78. The van der Waals surface area contributed by atoms with E-state index in [1.165, 1.54) is 57.8 Å². The Morgan fingerprint density at radius 1 is 0.533 bits per heavy atom. The molecule has 0 aromatic carbocycles. The Bertz CT molecular complexity index is 162. The maximum Gasteiger partial charge on any atom is -0.0264 e. The lowest BCUT2D eigenvalue weighted by atomic mass is 9.74. The molecule has 2 aliphatic carbocycles. The van der Waals surface area contributed by atoms with Gasteiger partial charge in [-0.25, -0.2) is 0 Å². The number of rotatable bonds is 1. The summed E-state index contributed by atoms with van der Waals surface area (Å²) in [5.74, 6) is 2.20. The third kappa shape index (κ3) is 3.74. The smallest absolute Gasteiger partial charge is 0.0264 e. The van der Waals surface area contributed by atoms with Gasteiger partial charge in [-0.3, -0.25) is 0 Å². The second-order valence-electron chi connectivity index (χ2n) is 5.78. The molecule has 1 unspecified atom stereocenters. The summed E-state index contributed by atoms with van der Waals surface area (Å²) in [7, 11) is 3.03. The highest BCUT2D eigenvalue weighted by molar-refractivity contribution is 7.17. The monoisotopic (exact) mass is 226 g/mol. The Morgan fingerprint density at radius 3 is 1.60 bits per heavy atom. The first-order valence-electron chi connectivity index (χ1n) is 7.12. The lowest BCUT2D eigenvalue weighted by Gasteiger charge is -2.33. The summed E-state index contributed by atoms with van der Waals surface area (Å²) in [5.41, 5.74) is 0.940. The van der Waals surface area contributed by atoms with Gasteiger partial charge in [-0.2, -0.15) is 0 Å². The average molecular weight is 226 g/mol. The van der Waals surface area contributed by atoms with Crippen LogP contribution in [0.25, 0.3) is 0 Å². The molecule has 0 spiro atoms. The number of hydrogen-bond donors (Lipinski definition) is 0. The molecule has 88 valence electrons. The first-order chi connectivity index (χ1) is 7.36. The van der Waals surface area contributed by atoms with Crippen LogP contribution in [0.1, 0.15) is 70.6 Å². The second kappa shape index (κ2) is 6.24. The molecule has 0 radical (unpaired) electrons. The summed E-state index contributed by atoms with van der Waals surface area (Å²) in [5, 5.41) is 0. The summed E-state index contributed by atoms with van der Waals surface area (Å²) < 4.78 is 0. The van der Waals surface area contributed by atoms with Crippen LogP contribution >= 0.6 is 9.24 Å². The molecule has 2 rings (SSSR count). The Balaban J connectivity index is 1.79. The molecular weight excluding hydrogens is 199 g/mol. The first-order valence-corrected chi connectivity index (χ1v) is 7.78. The third-order valence-electron chi connectivity index (χ3n) is 4.63. The van der Waals surface area contributed by atoms with Gasteiger partial charge in [0.15, 0.2) is 0 Å².